The first-order valence-electron chi connectivity index (χ1n) is 6.63. The Morgan fingerprint density at radius 3 is 2.90 bits per heavy atom. The third-order valence-electron chi connectivity index (χ3n) is 3.52. The van der Waals surface area contributed by atoms with Gasteiger partial charge in [0.15, 0.2) is 5.58 Å². The molecule has 6 heteroatoms. The van der Waals surface area contributed by atoms with Gasteiger partial charge in [-0.3, -0.25) is 4.79 Å². The lowest BCUT2D eigenvalue weighted by Crippen LogP contribution is -2.50. The highest BCUT2D eigenvalue weighted by Gasteiger charge is 2.30. The summed E-state index contributed by atoms with van der Waals surface area (Å²) in [7, 11) is 4.14. The molecule has 1 fully saturated rings. The standard InChI is InChI=1S/C14H18N4O2/c1-17(2)6-9-7-18(8-9)14-16-12-10(13(15)19)4-3-5-11(12)20-14/h3-5,9H,6-8H2,1-2H3,(H2,15,19). The van der Waals surface area contributed by atoms with Gasteiger partial charge in [-0.2, -0.15) is 4.98 Å². The number of benzene rings is 1. The normalized spacial score (nSPS) is 15.8. The predicted octanol–water partition coefficient (Wildman–Crippen LogP) is 0.925. The number of aromatic nitrogens is 1. The van der Waals surface area contributed by atoms with E-state index in [-0.39, 0.29) is 0 Å². The molecule has 0 unspecified atom stereocenters. The quantitative estimate of drug-likeness (QED) is 0.897. The van der Waals surface area contributed by atoms with Crippen LogP contribution in [0.2, 0.25) is 0 Å². The van der Waals surface area contributed by atoms with Crippen molar-refractivity contribution < 1.29 is 9.21 Å². The molecule has 20 heavy (non-hydrogen) atoms. The fourth-order valence-corrected chi connectivity index (χ4v) is 2.63. The second kappa shape index (κ2) is 4.79. The van der Waals surface area contributed by atoms with Crippen LogP contribution in [0.15, 0.2) is 22.6 Å². The lowest BCUT2D eigenvalue weighted by atomic mass is 10.0. The number of hydrogen-bond acceptors (Lipinski definition) is 5. The van der Waals surface area contributed by atoms with Gasteiger partial charge in [-0.1, -0.05) is 6.07 Å². The Balaban J connectivity index is 1.81. The van der Waals surface area contributed by atoms with Crippen molar-refractivity contribution in [1.29, 1.82) is 0 Å². The van der Waals surface area contributed by atoms with Crippen LogP contribution >= 0.6 is 0 Å². The molecule has 1 saturated heterocycles. The maximum atomic E-state index is 11.4. The number of carbonyl (C=O) groups is 1. The number of amides is 1. The van der Waals surface area contributed by atoms with Gasteiger partial charge in [0, 0.05) is 25.6 Å². The third-order valence-corrected chi connectivity index (χ3v) is 3.52. The number of rotatable bonds is 4. The number of hydrogen-bond donors (Lipinski definition) is 1. The molecule has 0 bridgehead atoms. The Kier molecular flexibility index (Phi) is 3.10. The summed E-state index contributed by atoms with van der Waals surface area (Å²) in [5.41, 5.74) is 6.91. The number of oxazole rings is 1. The van der Waals surface area contributed by atoms with Gasteiger partial charge in [0.2, 0.25) is 0 Å². The fourth-order valence-electron chi connectivity index (χ4n) is 2.63. The van der Waals surface area contributed by atoms with E-state index in [1.54, 1.807) is 18.2 Å². The van der Waals surface area contributed by atoms with E-state index in [2.05, 4.69) is 28.9 Å². The van der Waals surface area contributed by atoms with E-state index in [4.69, 9.17) is 10.2 Å². The number of anilines is 1. The van der Waals surface area contributed by atoms with Crippen LogP contribution in [0.5, 0.6) is 0 Å². The molecule has 1 aromatic carbocycles. The average Bonchev–Trinajstić information content (AvgIpc) is 2.75. The molecule has 2 aromatic rings. The van der Waals surface area contributed by atoms with Crippen LogP contribution in [0.25, 0.3) is 11.1 Å². The summed E-state index contributed by atoms with van der Waals surface area (Å²) in [6.45, 7) is 2.91. The van der Waals surface area contributed by atoms with Gasteiger partial charge < -0.3 is 20.0 Å². The van der Waals surface area contributed by atoms with Crippen molar-refractivity contribution in [3.05, 3.63) is 23.8 Å². The van der Waals surface area contributed by atoms with Crippen LogP contribution in [-0.4, -0.2) is 49.5 Å². The maximum absolute atomic E-state index is 11.4. The Hall–Kier alpha value is -2.08. The maximum Gasteiger partial charge on any atom is 0.298 e. The minimum absolute atomic E-state index is 0.405. The summed E-state index contributed by atoms with van der Waals surface area (Å²) >= 11 is 0. The molecule has 2 heterocycles. The summed E-state index contributed by atoms with van der Waals surface area (Å²) in [4.78, 5) is 20.0. The molecule has 1 aliphatic heterocycles. The minimum Gasteiger partial charge on any atom is -0.423 e. The van der Waals surface area contributed by atoms with Crippen LogP contribution in [0.3, 0.4) is 0 Å². The lowest BCUT2D eigenvalue weighted by molar-refractivity contribution is 0.100. The van der Waals surface area contributed by atoms with E-state index in [0.29, 0.717) is 28.6 Å². The third kappa shape index (κ3) is 2.22. The van der Waals surface area contributed by atoms with Gasteiger partial charge in [0.25, 0.3) is 11.9 Å². The zero-order valence-electron chi connectivity index (χ0n) is 11.7. The first kappa shape index (κ1) is 12.9. The van der Waals surface area contributed by atoms with Crippen LogP contribution in [0, 0.1) is 5.92 Å². The highest BCUT2D eigenvalue weighted by Crippen LogP contribution is 2.29. The van der Waals surface area contributed by atoms with E-state index < -0.39 is 5.91 Å². The SMILES string of the molecule is CN(C)CC1CN(c2nc3c(C(N)=O)cccc3o2)C1. The average molecular weight is 274 g/mol. The van der Waals surface area contributed by atoms with Crippen LogP contribution in [-0.2, 0) is 0 Å². The van der Waals surface area contributed by atoms with E-state index in [9.17, 15) is 4.79 Å². The predicted molar refractivity (Wildman–Crippen MR) is 76.8 cm³/mol. The largest absolute Gasteiger partial charge is 0.423 e. The van der Waals surface area contributed by atoms with Crippen LogP contribution < -0.4 is 10.6 Å². The summed E-state index contributed by atoms with van der Waals surface area (Å²) in [5.74, 6) is 0.153. The van der Waals surface area contributed by atoms with Crippen LogP contribution in [0.4, 0.5) is 6.01 Å². The molecule has 0 spiro atoms. The number of fused-ring (bicyclic) bond motifs is 1. The van der Waals surface area contributed by atoms with Gasteiger partial charge >= 0.3 is 0 Å². The number of para-hydroxylation sites is 1. The molecule has 0 saturated carbocycles. The molecule has 3 rings (SSSR count). The molecule has 1 aliphatic rings. The second-order valence-corrected chi connectivity index (χ2v) is 5.55. The molecule has 0 radical (unpaired) electrons. The van der Waals surface area contributed by atoms with Gasteiger partial charge in [-0.15, -0.1) is 0 Å². The van der Waals surface area contributed by atoms with Crippen molar-refractivity contribution in [1.82, 2.24) is 9.88 Å². The molecular weight excluding hydrogens is 256 g/mol. The summed E-state index contributed by atoms with van der Waals surface area (Å²) in [5, 5.41) is 0. The summed E-state index contributed by atoms with van der Waals surface area (Å²) in [6.07, 6.45) is 0. The van der Waals surface area contributed by atoms with E-state index in [1.807, 2.05) is 0 Å². The lowest BCUT2D eigenvalue weighted by Gasteiger charge is -2.39. The van der Waals surface area contributed by atoms with Crippen molar-refractivity contribution in [2.24, 2.45) is 11.7 Å². The van der Waals surface area contributed by atoms with E-state index >= 15 is 0 Å². The number of primary amides is 1. The Morgan fingerprint density at radius 2 is 2.25 bits per heavy atom. The van der Waals surface area contributed by atoms with Crippen molar-refractivity contribution >= 4 is 23.0 Å². The van der Waals surface area contributed by atoms with Crippen molar-refractivity contribution in [3.8, 4) is 0 Å². The van der Waals surface area contributed by atoms with Crippen LogP contribution in [0.1, 0.15) is 10.4 Å². The summed E-state index contributed by atoms with van der Waals surface area (Å²) < 4.78 is 5.71. The summed E-state index contributed by atoms with van der Waals surface area (Å²) in [6, 6.07) is 5.79. The Morgan fingerprint density at radius 1 is 1.50 bits per heavy atom. The highest BCUT2D eigenvalue weighted by molar-refractivity contribution is 6.03. The molecule has 6 nitrogen and oxygen atoms in total. The fraction of sp³-hybridized carbons (Fsp3) is 0.429. The second-order valence-electron chi connectivity index (χ2n) is 5.55. The first-order valence-corrected chi connectivity index (χ1v) is 6.63. The molecule has 1 aromatic heterocycles. The molecule has 0 aliphatic carbocycles. The van der Waals surface area contributed by atoms with Crippen molar-refractivity contribution in [2.45, 2.75) is 0 Å². The van der Waals surface area contributed by atoms with Gasteiger partial charge in [-0.25, -0.2) is 0 Å². The van der Waals surface area contributed by atoms with Crippen molar-refractivity contribution in [3.63, 3.8) is 0 Å². The Labute approximate surface area is 117 Å². The molecule has 0 atom stereocenters. The highest BCUT2D eigenvalue weighted by atomic mass is 16.4. The molecule has 2 N–H and O–H groups in total. The zero-order valence-corrected chi connectivity index (χ0v) is 11.7. The smallest absolute Gasteiger partial charge is 0.298 e. The number of carbonyl (C=O) groups excluding carboxylic acids is 1. The number of nitrogens with zero attached hydrogens (tertiary/aromatic N) is 3. The number of nitrogens with two attached hydrogens (primary N) is 1. The molecular formula is C14H18N4O2. The first-order chi connectivity index (χ1) is 9.54. The van der Waals surface area contributed by atoms with Gasteiger partial charge in [-0.05, 0) is 26.2 Å². The Bertz CT molecular complexity index is 644. The van der Waals surface area contributed by atoms with Gasteiger partial charge in [0.1, 0.15) is 5.52 Å². The molecule has 1 amide bonds. The van der Waals surface area contributed by atoms with Crippen molar-refractivity contribution in [2.75, 3.05) is 38.6 Å². The minimum atomic E-state index is -0.482. The molecule has 106 valence electrons. The van der Waals surface area contributed by atoms with E-state index in [1.165, 1.54) is 0 Å². The topological polar surface area (TPSA) is 75.6 Å². The zero-order chi connectivity index (χ0) is 14.3. The monoisotopic (exact) mass is 274 g/mol. The van der Waals surface area contributed by atoms with E-state index in [0.717, 1.165) is 19.6 Å². The van der Waals surface area contributed by atoms with Gasteiger partial charge in [0.05, 0.1) is 5.56 Å².